The zero-order chi connectivity index (χ0) is 39.2. The van der Waals surface area contributed by atoms with Crippen molar-refractivity contribution in [1.82, 2.24) is 0 Å². The number of quaternary nitrogens is 2. The van der Waals surface area contributed by atoms with E-state index < -0.39 is 79.1 Å². The number of carbonyl (C=O) groups excluding carboxylic acids is 2. The fourth-order valence-corrected chi connectivity index (χ4v) is 11.7. The number of ether oxygens (including phenoxy) is 3. The van der Waals surface area contributed by atoms with Crippen LogP contribution in [0, 0.1) is 46.8 Å². The summed E-state index contributed by atoms with van der Waals surface area (Å²) in [7, 11) is 0. The predicted octanol–water partition coefficient (Wildman–Crippen LogP) is -3.23. The molecule has 2 saturated heterocycles. The van der Waals surface area contributed by atoms with Gasteiger partial charge in [0.1, 0.15) is 42.1 Å². The molecule has 0 aromatic heterocycles. The van der Waals surface area contributed by atoms with Gasteiger partial charge in [0.05, 0.1) is 37.3 Å². The molecule has 10 N–H and O–H groups in total. The van der Waals surface area contributed by atoms with Gasteiger partial charge >= 0.3 is 0 Å². The molecule has 4 aliphatic heterocycles. The Bertz CT molecular complexity index is 1590. The zero-order valence-electron chi connectivity index (χ0n) is 32.0. The van der Waals surface area contributed by atoms with E-state index in [2.05, 4.69) is 20.3 Å². The number of ketones is 2. The monoisotopic (exact) mass is 786 g/mol. The van der Waals surface area contributed by atoms with Crippen LogP contribution >= 0.6 is 0 Å². The first-order valence-electron chi connectivity index (χ1n) is 21.1. The van der Waals surface area contributed by atoms with Crippen molar-refractivity contribution in [3.63, 3.8) is 0 Å². The van der Waals surface area contributed by atoms with Gasteiger partial charge in [0.25, 0.3) is 5.84 Å². The molecule has 8 aliphatic rings. The van der Waals surface area contributed by atoms with Crippen LogP contribution < -0.4 is 21.1 Å². The summed E-state index contributed by atoms with van der Waals surface area (Å²) in [6, 6.07) is -0.0207. The number of fused-ring (bicyclic) bond motifs is 3. The molecular weight excluding hydrogens is 726 g/mol. The third kappa shape index (κ3) is 7.69. The first-order chi connectivity index (χ1) is 27.0. The Hall–Kier alpha value is -2.58. The van der Waals surface area contributed by atoms with Crippen molar-refractivity contribution in [3.05, 3.63) is 0 Å². The van der Waals surface area contributed by atoms with Gasteiger partial charge in [-0.05, 0) is 63.2 Å². The molecule has 17 atom stereocenters. The minimum Gasteiger partial charge on any atom is -0.857 e. The van der Waals surface area contributed by atoms with Gasteiger partial charge < -0.3 is 45.1 Å². The summed E-state index contributed by atoms with van der Waals surface area (Å²) >= 11 is 0. The number of nitrogens with two attached hydrogens (primary N) is 2. The van der Waals surface area contributed by atoms with E-state index in [1.165, 1.54) is 0 Å². The topological polar surface area (TPSA) is 274 Å². The van der Waals surface area contributed by atoms with Gasteiger partial charge in [-0.15, -0.1) is 0 Å². The Balaban J connectivity index is 1.07. The van der Waals surface area contributed by atoms with Crippen LogP contribution in [0.5, 0.6) is 0 Å². The first-order valence-corrected chi connectivity index (χ1v) is 21.1. The summed E-state index contributed by atoms with van der Waals surface area (Å²) in [4.78, 5) is 41.9. The largest absolute Gasteiger partial charge is 0.857 e. The lowest BCUT2D eigenvalue weighted by Crippen LogP contribution is -3.18. The van der Waals surface area contributed by atoms with Crippen molar-refractivity contribution in [2.24, 2.45) is 62.1 Å². The Kier molecular flexibility index (Phi) is 12.2. The van der Waals surface area contributed by atoms with Crippen molar-refractivity contribution in [2.75, 3.05) is 26.4 Å². The van der Waals surface area contributed by atoms with Crippen molar-refractivity contribution < 1.29 is 59.5 Å². The molecule has 17 heteroatoms. The number of carbonyl (C=O) groups is 2. The molecule has 4 heterocycles. The van der Waals surface area contributed by atoms with Crippen molar-refractivity contribution in [1.29, 1.82) is 5.41 Å². The number of aliphatic hydroxyl groups is 4. The fraction of sp³-hybridized carbons (Fsp3) is 0.846. The van der Waals surface area contributed by atoms with Crippen LogP contribution in [0.2, 0.25) is 0 Å². The maximum absolute atomic E-state index is 14.3. The summed E-state index contributed by atoms with van der Waals surface area (Å²) in [6.07, 6.45) is 1.04. The molecule has 0 bridgehead atoms. The Morgan fingerprint density at radius 3 is 2.43 bits per heavy atom. The second-order valence-corrected chi connectivity index (χ2v) is 17.7. The van der Waals surface area contributed by atoms with E-state index in [9.17, 15) is 35.1 Å². The summed E-state index contributed by atoms with van der Waals surface area (Å²) in [5.41, 5.74) is 6.36. The normalized spacial score (nSPS) is 45.6. The van der Waals surface area contributed by atoms with E-state index in [1.54, 1.807) is 0 Å². The number of amidine groups is 1. The summed E-state index contributed by atoms with van der Waals surface area (Å²) in [5, 5.41) is 67.6. The Morgan fingerprint density at radius 1 is 0.911 bits per heavy atom. The van der Waals surface area contributed by atoms with E-state index in [-0.39, 0.29) is 53.9 Å². The van der Waals surface area contributed by atoms with E-state index in [0.29, 0.717) is 50.5 Å². The maximum atomic E-state index is 14.3. The molecule has 56 heavy (non-hydrogen) atoms. The predicted molar refractivity (Wildman–Crippen MR) is 197 cm³/mol. The molecule has 0 spiro atoms. The number of nitrogens with one attached hydrogen (secondary N) is 2. The number of piperidine rings is 1. The standard InChI is InChI=1S/C39H59N7O10/c40-26-13-18(9-11-42-26)10-12-54-35-33(52)31(50)25(16-47)55-38(35)56-34-20(15-23-27(32(34)51)30(49)22-7-3-2-6-21(22)29(23)48)14-19-5-1-4-8-24(19)46-17-43-28-36(46)44-39(41)45-37(28)53/h18-27,31-35,38,42,47,50-52H,1-17,40H2,(H2,41,45,53)/p+1/t18?,19?,20?,21?,22?,23?,24?,25-,26?,27?,31-,32?,33+,34?,35-,38-/m0/s1. The number of aliphatic hydroxyl groups excluding tert-OH is 4. The molecule has 6 fully saturated rings. The highest BCUT2D eigenvalue weighted by Gasteiger charge is 2.59. The van der Waals surface area contributed by atoms with Gasteiger partial charge in [0.2, 0.25) is 5.96 Å². The Labute approximate surface area is 326 Å². The van der Waals surface area contributed by atoms with E-state index >= 15 is 0 Å². The van der Waals surface area contributed by atoms with Gasteiger partial charge in [-0.3, -0.25) is 25.6 Å². The fourth-order valence-electron chi connectivity index (χ4n) is 11.7. The Morgan fingerprint density at radius 2 is 1.66 bits per heavy atom. The molecule has 12 unspecified atom stereocenters. The third-order valence-electron chi connectivity index (χ3n) is 14.5. The number of rotatable bonds is 10. The summed E-state index contributed by atoms with van der Waals surface area (Å²) in [5.74, 6) is -2.91. The number of nitrogens with zero attached hydrogens (tertiary/aromatic N) is 3. The number of Topliss-reactive ketones (excluding diaryl/α,β-unsaturated/α-hetero) is 2. The maximum Gasteiger partial charge on any atom is 0.258 e. The molecule has 0 aromatic rings. The SMILES string of the molecule is N=C1N=C([O-])C2=NC[NH+](C3CCCCC3CC3CC4C(=O)C5CCCCC5C(=O)C4C(O)C3O[C@@H]3O[C@@H](CO)[C@H](O)[C@@H](O)[C@@H]3OCCC3CC[NH2+]C(N)C3)C2=N1. The van der Waals surface area contributed by atoms with E-state index in [0.717, 1.165) is 62.8 Å². The van der Waals surface area contributed by atoms with Crippen LogP contribution in [0.25, 0.3) is 0 Å². The van der Waals surface area contributed by atoms with Gasteiger partial charge in [0, 0.05) is 49.0 Å². The van der Waals surface area contributed by atoms with Gasteiger partial charge in [0.15, 0.2) is 18.7 Å². The molecule has 0 radical (unpaired) electrons. The van der Waals surface area contributed by atoms with Crippen molar-refractivity contribution in [2.45, 2.75) is 139 Å². The van der Waals surface area contributed by atoms with Crippen LogP contribution in [0.15, 0.2) is 15.0 Å². The van der Waals surface area contributed by atoms with Gasteiger partial charge in [-0.1, -0.05) is 19.3 Å². The minimum atomic E-state index is -1.47. The lowest BCUT2D eigenvalue weighted by molar-refractivity contribution is -0.835. The van der Waals surface area contributed by atoms with E-state index in [4.69, 9.17) is 25.4 Å². The van der Waals surface area contributed by atoms with Crippen LogP contribution in [-0.4, -0.2) is 137 Å². The first kappa shape index (κ1) is 40.2. The molecule has 4 saturated carbocycles. The molecule has 0 amide bonds. The highest BCUT2D eigenvalue weighted by molar-refractivity contribution is 6.66. The smallest absolute Gasteiger partial charge is 0.258 e. The van der Waals surface area contributed by atoms with Crippen LogP contribution in [0.4, 0.5) is 0 Å². The van der Waals surface area contributed by atoms with Crippen molar-refractivity contribution in [3.8, 4) is 0 Å². The molecule has 17 nitrogen and oxygen atoms in total. The highest BCUT2D eigenvalue weighted by atomic mass is 16.7. The molecule has 8 rings (SSSR count). The lowest BCUT2D eigenvalue weighted by Gasteiger charge is -2.52. The van der Waals surface area contributed by atoms with Crippen molar-refractivity contribution >= 4 is 35.0 Å². The number of hydrogen-bond donors (Lipinski definition) is 8. The van der Waals surface area contributed by atoms with E-state index in [1.807, 2.05) is 0 Å². The summed E-state index contributed by atoms with van der Waals surface area (Å²) in [6.45, 7) is 0.846. The molecule has 4 aliphatic carbocycles. The number of guanidine groups is 1. The second kappa shape index (κ2) is 17.0. The van der Waals surface area contributed by atoms with Crippen LogP contribution in [0.3, 0.4) is 0 Å². The zero-order valence-corrected chi connectivity index (χ0v) is 32.0. The minimum absolute atomic E-state index is 0.0138. The van der Waals surface area contributed by atoms with Gasteiger partial charge in [-0.25, -0.2) is 9.98 Å². The molecular formula is C39H60N7O10+. The third-order valence-corrected chi connectivity index (χ3v) is 14.5. The van der Waals surface area contributed by atoms with Crippen LogP contribution in [0.1, 0.15) is 83.5 Å². The average molecular weight is 787 g/mol. The lowest BCUT2D eigenvalue weighted by atomic mass is 9.55. The summed E-state index contributed by atoms with van der Waals surface area (Å²) < 4.78 is 19.2. The van der Waals surface area contributed by atoms with Gasteiger partial charge in [-0.2, -0.15) is 4.99 Å². The van der Waals surface area contributed by atoms with Crippen LogP contribution in [-0.2, 0) is 23.8 Å². The second-order valence-electron chi connectivity index (χ2n) is 17.7. The average Bonchev–Trinajstić information content (AvgIpc) is 3.61. The number of hydrogen-bond acceptors (Lipinski definition) is 13. The molecule has 310 valence electrons. The number of aliphatic imine (C=N–C) groups is 3. The highest BCUT2D eigenvalue weighted by Crippen LogP contribution is 2.50. The molecule has 0 aromatic carbocycles. The quantitative estimate of drug-likeness (QED) is 0.102.